The lowest BCUT2D eigenvalue weighted by molar-refractivity contribution is -0.151. The van der Waals surface area contributed by atoms with Crippen LogP contribution >= 0.6 is 0 Å². The fourth-order valence-electron chi connectivity index (χ4n) is 3.48. The molecule has 2 heterocycles. The fourth-order valence-corrected chi connectivity index (χ4v) is 3.48. The summed E-state index contributed by atoms with van der Waals surface area (Å²) >= 11 is 0. The second kappa shape index (κ2) is 6.62. The van der Waals surface area contributed by atoms with Crippen LogP contribution in [0, 0.1) is 5.41 Å². The summed E-state index contributed by atoms with van der Waals surface area (Å²) in [5.74, 6) is 0.620. The van der Waals surface area contributed by atoms with E-state index in [-0.39, 0.29) is 12.0 Å². The Labute approximate surface area is 136 Å². The van der Waals surface area contributed by atoms with Crippen molar-refractivity contribution in [3.05, 3.63) is 48.3 Å². The minimum Gasteiger partial charge on any atom is -0.469 e. The van der Waals surface area contributed by atoms with Crippen molar-refractivity contribution in [1.82, 2.24) is 4.90 Å². The van der Waals surface area contributed by atoms with Crippen LogP contribution in [-0.4, -0.2) is 37.1 Å². The van der Waals surface area contributed by atoms with E-state index in [1.165, 1.54) is 18.9 Å². The first-order chi connectivity index (χ1) is 11.1. The van der Waals surface area contributed by atoms with Crippen molar-refractivity contribution >= 4 is 5.97 Å². The summed E-state index contributed by atoms with van der Waals surface area (Å²) in [6.45, 7) is 3.44. The lowest BCUT2D eigenvalue weighted by Gasteiger charge is -2.33. The predicted molar refractivity (Wildman–Crippen MR) is 86.0 cm³/mol. The molecular formula is C18H23NO4. The van der Waals surface area contributed by atoms with Gasteiger partial charge in [0.25, 0.3) is 0 Å². The van der Waals surface area contributed by atoms with Crippen LogP contribution in [0.15, 0.2) is 48.3 Å². The lowest BCUT2D eigenvalue weighted by Crippen LogP contribution is -2.40. The molecule has 2 unspecified atom stereocenters. The zero-order valence-electron chi connectivity index (χ0n) is 13.7. The van der Waals surface area contributed by atoms with E-state index in [9.17, 15) is 4.79 Å². The molecule has 0 aromatic heterocycles. The van der Waals surface area contributed by atoms with Crippen molar-refractivity contribution < 1.29 is 19.0 Å². The molecule has 0 saturated carbocycles. The van der Waals surface area contributed by atoms with Gasteiger partial charge >= 0.3 is 5.97 Å². The number of allylic oxidation sites excluding steroid dienone is 3. The van der Waals surface area contributed by atoms with Crippen LogP contribution in [0.5, 0.6) is 0 Å². The molecule has 3 rings (SSSR count). The Bertz CT molecular complexity index is 590. The first kappa shape index (κ1) is 15.9. The van der Waals surface area contributed by atoms with Crippen LogP contribution in [0.1, 0.15) is 26.2 Å². The van der Waals surface area contributed by atoms with Crippen LogP contribution in [0.25, 0.3) is 0 Å². The van der Waals surface area contributed by atoms with Crippen molar-refractivity contribution in [2.24, 2.45) is 5.41 Å². The molecule has 0 N–H and O–H groups in total. The Balaban J connectivity index is 1.84. The molecular weight excluding hydrogens is 294 g/mol. The number of carbonyl (C=O) groups excluding carboxylic acids is 1. The number of hydrogen-bond acceptors (Lipinski definition) is 5. The second-order valence-electron chi connectivity index (χ2n) is 6.43. The normalized spacial score (nSPS) is 28.4. The molecule has 1 fully saturated rings. The second-order valence-corrected chi connectivity index (χ2v) is 6.43. The summed E-state index contributed by atoms with van der Waals surface area (Å²) in [6.07, 6.45) is 13.9. The molecule has 1 aliphatic carbocycles. The van der Waals surface area contributed by atoms with Gasteiger partial charge in [-0.25, -0.2) is 0 Å². The molecule has 0 aromatic carbocycles. The Morgan fingerprint density at radius 3 is 2.96 bits per heavy atom. The van der Waals surface area contributed by atoms with Gasteiger partial charge in [0.2, 0.25) is 0 Å². The van der Waals surface area contributed by atoms with Gasteiger partial charge in [0, 0.05) is 13.1 Å². The lowest BCUT2D eigenvalue weighted by atomic mass is 9.89. The van der Waals surface area contributed by atoms with Crippen molar-refractivity contribution in [2.45, 2.75) is 32.2 Å². The topological polar surface area (TPSA) is 48.0 Å². The average Bonchev–Trinajstić information content (AvgIpc) is 2.99. The van der Waals surface area contributed by atoms with E-state index >= 15 is 0 Å². The number of methoxy groups -OCH3 is 1. The predicted octanol–water partition coefficient (Wildman–Crippen LogP) is 2.88. The monoisotopic (exact) mass is 317 g/mol. The molecule has 23 heavy (non-hydrogen) atoms. The third-order valence-corrected chi connectivity index (χ3v) is 4.74. The van der Waals surface area contributed by atoms with E-state index < -0.39 is 5.41 Å². The molecule has 0 radical (unpaired) electrons. The van der Waals surface area contributed by atoms with Crippen LogP contribution in [0.3, 0.4) is 0 Å². The number of esters is 1. The van der Waals surface area contributed by atoms with Gasteiger partial charge in [-0.1, -0.05) is 18.2 Å². The minimum absolute atomic E-state index is 0.00335. The maximum atomic E-state index is 12.1. The van der Waals surface area contributed by atoms with Gasteiger partial charge < -0.3 is 14.2 Å². The fraction of sp³-hybridized carbons (Fsp3) is 0.500. The summed E-state index contributed by atoms with van der Waals surface area (Å²) in [5, 5.41) is 0. The van der Waals surface area contributed by atoms with Crippen LogP contribution < -0.4 is 0 Å². The molecule has 0 bridgehead atoms. The molecule has 0 amide bonds. The van der Waals surface area contributed by atoms with Gasteiger partial charge in [-0.2, -0.15) is 0 Å². The van der Waals surface area contributed by atoms with Gasteiger partial charge in [-0.3, -0.25) is 9.69 Å². The maximum absolute atomic E-state index is 12.1. The minimum atomic E-state index is -0.468. The van der Waals surface area contributed by atoms with Gasteiger partial charge in [-0.05, 0) is 31.8 Å². The smallest absolute Gasteiger partial charge is 0.312 e. The van der Waals surface area contributed by atoms with E-state index in [1.54, 1.807) is 12.5 Å². The van der Waals surface area contributed by atoms with E-state index in [1.807, 2.05) is 6.92 Å². The standard InChI is InChI=1S/C18H23NO4/c1-18(17(20)21-2)8-9-19(13-18)16(14-6-4-3-5-7-14)15-12-22-10-11-23-15/h3-4,6,10-12,16H,5,7-9,13H2,1-2H3. The summed E-state index contributed by atoms with van der Waals surface area (Å²) in [6, 6.07) is -0.00335. The summed E-state index contributed by atoms with van der Waals surface area (Å²) in [5.41, 5.74) is 0.816. The van der Waals surface area contributed by atoms with E-state index in [0.717, 1.165) is 31.6 Å². The highest BCUT2D eigenvalue weighted by atomic mass is 16.5. The highest BCUT2D eigenvalue weighted by molar-refractivity contribution is 5.77. The maximum Gasteiger partial charge on any atom is 0.312 e. The van der Waals surface area contributed by atoms with Crippen LogP contribution in [-0.2, 0) is 19.0 Å². The third kappa shape index (κ3) is 3.20. The molecule has 2 aliphatic heterocycles. The summed E-state index contributed by atoms with van der Waals surface area (Å²) in [7, 11) is 1.45. The number of hydrogen-bond donors (Lipinski definition) is 0. The van der Waals surface area contributed by atoms with Crippen LogP contribution in [0.2, 0.25) is 0 Å². The van der Waals surface area contributed by atoms with Gasteiger partial charge in [-0.15, -0.1) is 0 Å². The van der Waals surface area contributed by atoms with Crippen molar-refractivity contribution in [3.63, 3.8) is 0 Å². The summed E-state index contributed by atoms with van der Waals surface area (Å²) < 4.78 is 16.0. The molecule has 5 heteroatoms. The zero-order chi connectivity index (χ0) is 16.3. The molecule has 2 atom stereocenters. The van der Waals surface area contributed by atoms with E-state index in [0.29, 0.717) is 6.54 Å². The van der Waals surface area contributed by atoms with Crippen molar-refractivity contribution in [3.8, 4) is 0 Å². The van der Waals surface area contributed by atoms with E-state index in [4.69, 9.17) is 14.2 Å². The molecule has 5 nitrogen and oxygen atoms in total. The highest BCUT2D eigenvalue weighted by Crippen LogP contribution is 2.37. The average molecular weight is 317 g/mol. The Morgan fingerprint density at radius 1 is 1.43 bits per heavy atom. The Hall–Kier alpha value is -2.01. The first-order valence-corrected chi connectivity index (χ1v) is 7.99. The van der Waals surface area contributed by atoms with Crippen molar-refractivity contribution in [1.29, 1.82) is 0 Å². The number of rotatable bonds is 4. The Morgan fingerprint density at radius 2 is 2.30 bits per heavy atom. The number of carbonyl (C=O) groups is 1. The van der Waals surface area contributed by atoms with E-state index in [2.05, 4.69) is 23.1 Å². The SMILES string of the molecule is COC(=O)C1(C)CCN(C(C2=CC=CCC2)C2=COC=CO2)C1. The third-order valence-electron chi connectivity index (χ3n) is 4.74. The molecule has 3 aliphatic rings. The highest BCUT2D eigenvalue weighted by Gasteiger charge is 2.45. The zero-order valence-corrected chi connectivity index (χ0v) is 13.7. The van der Waals surface area contributed by atoms with Crippen molar-refractivity contribution in [2.75, 3.05) is 20.2 Å². The quantitative estimate of drug-likeness (QED) is 0.746. The number of likely N-dealkylation sites (tertiary alicyclic amines) is 1. The number of nitrogens with zero attached hydrogens (tertiary/aromatic N) is 1. The largest absolute Gasteiger partial charge is 0.469 e. The van der Waals surface area contributed by atoms with Crippen LogP contribution in [0.4, 0.5) is 0 Å². The van der Waals surface area contributed by atoms with Gasteiger partial charge in [0.15, 0.2) is 5.76 Å². The molecule has 0 aromatic rings. The molecule has 0 spiro atoms. The Kier molecular flexibility index (Phi) is 4.57. The molecule has 124 valence electrons. The number of ether oxygens (including phenoxy) is 3. The van der Waals surface area contributed by atoms with Gasteiger partial charge in [0.1, 0.15) is 18.8 Å². The summed E-state index contributed by atoms with van der Waals surface area (Å²) in [4.78, 5) is 14.4. The molecule has 1 saturated heterocycles. The first-order valence-electron chi connectivity index (χ1n) is 7.99. The van der Waals surface area contributed by atoms with Gasteiger partial charge in [0.05, 0.1) is 18.6 Å².